The summed E-state index contributed by atoms with van der Waals surface area (Å²) in [7, 11) is 0. The molecule has 104 valence electrons. The second-order valence-corrected chi connectivity index (χ2v) is 4.98. The number of benzene rings is 1. The van der Waals surface area contributed by atoms with Crippen LogP contribution in [0.4, 0.5) is 4.39 Å². The summed E-state index contributed by atoms with van der Waals surface area (Å²) in [6, 6.07) is 3.78. The minimum absolute atomic E-state index is 0.124. The number of thiocarbonyl (C=S) groups is 1. The average Bonchev–Trinajstić information content (AvgIpc) is 2.36. The topological polar surface area (TPSA) is 61.0 Å². The van der Waals surface area contributed by atoms with E-state index in [9.17, 15) is 4.39 Å². The van der Waals surface area contributed by atoms with E-state index in [1.807, 2.05) is 6.92 Å². The predicted octanol–water partition coefficient (Wildman–Crippen LogP) is 3.31. The van der Waals surface area contributed by atoms with Crippen molar-refractivity contribution in [3.8, 4) is 11.6 Å². The lowest BCUT2D eigenvalue weighted by atomic mass is 10.1. The molecule has 0 saturated carbocycles. The van der Waals surface area contributed by atoms with E-state index in [-0.39, 0.29) is 21.6 Å². The molecule has 2 rings (SSSR count). The fourth-order valence-electron chi connectivity index (χ4n) is 1.61. The molecule has 20 heavy (non-hydrogen) atoms. The zero-order valence-electron chi connectivity index (χ0n) is 10.8. The highest BCUT2D eigenvalue weighted by Gasteiger charge is 2.16. The zero-order valence-corrected chi connectivity index (χ0v) is 12.3. The highest BCUT2D eigenvalue weighted by atomic mass is 35.5. The first-order valence-electron chi connectivity index (χ1n) is 5.66. The molecule has 0 fully saturated rings. The van der Waals surface area contributed by atoms with Crippen molar-refractivity contribution in [2.24, 2.45) is 5.73 Å². The van der Waals surface area contributed by atoms with E-state index >= 15 is 0 Å². The summed E-state index contributed by atoms with van der Waals surface area (Å²) in [4.78, 5) is 0.147. The van der Waals surface area contributed by atoms with Gasteiger partial charge in [-0.25, -0.2) is 4.39 Å². The Morgan fingerprint density at radius 1 is 1.35 bits per heavy atom. The molecule has 1 aromatic heterocycles. The van der Waals surface area contributed by atoms with Crippen molar-refractivity contribution in [2.45, 2.75) is 13.8 Å². The van der Waals surface area contributed by atoms with Gasteiger partial charge in [0.2, 0.25) is 5.88 Å². The third kappa shape index (κ3) is 2.86. The molecule has 0 saturated heterocycles. The molecule has 0 aliphatic carbocycles. The van der Waals surface area contributed by atoms with E-state index in [1.165, 1.54) is 12.1 Å². The van der Waals surface area contributed by atoms with Gasteiger partial charge in [-0.1, -0.05) is 23.8 Å². The van der Waals surface area contributed by atoms with Crippen LogP contribution in [-0.2, 0) is 0 Å². The molecule has 0 unspecified atom stereocenters. The van der Waals surface area contributed by atoms with E-state index in [0.29, 0.717) is 11.3 Å². The van der Waals surface area contributed by atoms with Crippen LogP contribution in [0.1, 0.15) is 16.8 Å². The third-order valence-electron chi connectivity index (χ3n) is 2.77. The SMILES string of the molecule is Cc1nnc(Oc2ccc(F)cc2Cl)c(C(N)=S)c1C. The first kappa shape index (κ1) is 14.6. The van der Waals surface area contributed by atoms with E-state index in [4.69, 9.17) is 34.3 Å². The van der Waals surface area contributed by atoms with Gasteiger partial charge in [0.1, 0.15) is 16.6 Å². The highest BCUT2D eigenvalue weighted by molar-refractivity contribution is 7.80. The minimum Gasteiger partial charge on any atom is -0.435 e. The fraction of sp³-hybridized carbons (Fsp3) is 0.154. The number of nitrogens with two attached hydrogens (primary N) is 1. The molecule has 7 heteroatoms. The number of hydrogen-bond acceptors (Lipinski definition) is 4. The van der Waals surface area contributed by atoms with E-state index in [1.54, 1.807) is 6.92 Å². The first-order chi connectivity index (χ1) is 9.40. The van der Waals surface area contributed by atoms with Crippen molar-refractivity contribution in [2.75, 3.05) is 0 Å². The predicted molar refractivity (Wildman–Crippen MR) is 78.9 cm³/mol. The van der Waals surface area contributed by atoms with Gasteiger partial charge in [0, 0.05) is 0 Å². The summed E-state index contributed by atoms with van der Waals surface area (Å²) in [6.07, 6.45) is 0. The summed E-state index contributed by atoms with van der Waals surface area (Å²) in [6.45, 7) is 3.61. The van der Waals surface area contributed by atoms with Gasteiger partial charge < -0.3 is 10.5 Å². The van der Waals surface area contributed by atoms with Gasteiger partial charge >= 0.3 is 0 Å². The van der Waals surface area contributed by atoms with Crippen molar-refractivity contribution in [3.63, 3.8) is 0 Å². The van der Waals surface area contributed by atoms with Crippen LogP contribution in [0, 0.1) is 19.7 Å². The standard InChI is InChI=1S/C13H11ClFN3OS/c1-6-7(2)17-18-13(11(6)12(16)20)19-10-4-3-8(15)5-9(10)14/h3-5H,1-2H3,(H2,16,20). The van der Waals surface area contributed by atoms with Gasteiger partial charge in [0.25, 0.3) is 0 Å². The number of rotatable bonds is 3. The number of aromatic nitrogens is 2. The number of halogens is 2. The second-order valence-electron chi connectivity index (χ2n) is 4.13. The summed E-state index contributed by atoms with van der Waals surface area (Å²) >= 11 is 10.9. The van der Waals surface area contributed by atoms with E-state index < -0.39 is 5.82 Å². The Balaban J connectivity index is 2.48. The van der Waals surface area contributed by atoms with Crippen LogP contribution in [-0.4, -0.2) is 15.2 Å². The number of aryl methyl sites for hydroxylation is 1. The third-order valence-corrected chi connectivity index (χ3v) is 3.27. The van der Waals surface area contributed by atoms with Gasteiger partial charge in [-0.3, -0.25) is 0 Å². The Bertz CT molecular complexity index is 694. The Morgan fingerprint density at radius 3 is 2.65 bits per heavy atom. The van der Waals surface area contributed by atoms with Crippen LogP contribution in [0.25, 0.3) is 0 Å². The Kier molecular flexibility index (Phi) is 4.15. The van der Waals surface area contributed by atoms with Crippen molar-refractivity contribution in [1.82, 2.24) is 10.2 Å². The maximum absolute atomic E-state index is 13.0. The van der Waals surface area contributed by atoms with Crippen LogP contribution < -0.4 is 10.5 Å². The van der Waals surface area contributed by atoms with Crippen LogP contribution >= 0.6 is 23.8 Å². The van der Waals surface area contributed by atoms with Gasteiger partial charge in [0.15, 0.2) is 0 Å². The Hall–Kier alpha value is -1.79. The van der Waals surface area contributed by atoms with Crippen LogP contribution in [0.2, 0.25) is 5.02 Å². The summed E-state index contributed by atoms with van der Waals surface area (Å²) < 4.78 is 18.6. The van der Waals surface area contributed by atoms with Crippen molar-refractivity contribution >= 4 is 28.8 Å². The van der Waals surface area contributed by atoms with Gasteiger partial charge in [0.05, 0.1) is 16.3 Å². The summed E-state index contributed by atoms with van der Waals surface area (Å²) in [5, 5.41) is 8.01. The van der Waals surface area contributed by atoms with Crippen molar-refractivity contribution in [3.05, 3.63) is 45.9 Å². The maximum Gasteiger partial charge on any atom is 0.249 e. The smallest absolute Gasteiger partial charge is 0.249 e. The molecule has 1 heterocycles. The lowest BCUT2D eigenvalue weighted by Gasteiger charge is -2.12. The number of hydrogen-bond donors (Lipinski definition) is 1. The maximum atomic E-state index is 13.0. The largest absolute Gasteiger partial charge is 0.435 e. The van der Waals surface area contributed by atoms with Crippen molar-refractivity contribution < 1.29 is 9.13 Å². The lowest BCUT2D eigenvalue weighted by Crippen LogP contribution is -2.15. The number of nitrogens with zero attached hydrogens (tertiary/aromatic N) is 2. The molecule has 4 nitrogen and oxygen atoms in total. The van der Waals surface area contributed by atoms with Crippen LogP contribution in [0.3, 0.4) is 0 Å². The molecule has 0 radical (unpaired) electrons. The highest BCUT2D eigenvalue weighted by Crippen LogP contribution is 2.31. The average molecular weight is 312 g/mol. The summed E-state index contributed by atoms with van der Waals surface area (Å²) in [5.41, 5.74) is 7.66. The molecule has 0 aliphatic heterocycles. The van der Waals surface area contributed by atoms with Crippen LogP contribution in [0.15, 0.2) is 18.2 Å². The van der Waals surface area contributed by atoms with Crippen LogP contribution in [0.5, 0.6) is 11.6 Å². The molecule has 0 atom stereocenters. The molecule has 2 aromatic rings. The molecule has 1 aromatic carbocycles. The summed E-state index contributed by atoms with van der Waals surface area (Å²) in [5.74, 6) is -0.0553. The monoisotopic (exact) mass is 311 g/mol. The normalized spacial score (nSPS) is 10.4. The number of ether oxygens (including phenoxy) is 1. The molecule has 0 bridgehead atoms. The van der Waals surface area contributed by atoms with E-state index in [0.717, 1.165) is 11.6 Å². The molecular weight excluding hydrogens is 301 g/mol. The zero-order chi connectivity index (χ0) is 14.9. The molecule has 0 amide bonds. The Morgan fingerprint density at radius 2 is 2.05 bits per heavy atom. The first-order valence-corrected chi connectivity index (χ1v) is 6.45. The fourth-order valence-corrected chi connectivity index (χ4v) is 2.06. The Labute approximate surface area is 125 Å². The van der Waals surface area contributed by atoms with E-state index in [2.05, 4.69) is 10.2 Å². The van der Waals surface area contributed by atoms with Gasteiger partial charge in [-0.15, -0.1) is 5.10 Å². The van der Waals surface area contributed by atoms with Gasteiger partial charge in [-0.05, 0) is 37.6 Å². The molecule has 2 N–H and O–H groups in total. The van der Waals surface area contributed by atoms with Gasteiger partial charge in [-0.2, -0.15) is 5.10 Å². The second kappa shape index (κ2) is 5.68. The molecule has 0 spiro atoms. The minimum atomic E-state index is -0.455. The molecular formula is C13H11ClFN3OS. The lowest BCUT2D eigenvalue weighted by molar-refractivity contribution is 0.451. The quantitative estimate of drug-likeness (QED) is 0.881. The molecule has 0 aliphatic rings. The van der Waals surface area contributed by atoms with Crippen molar-refractivity contribution in [1.29, 1.82) is 0 Å².